The van der Waals surface area contributed by atoms with E-state index in [4.69, 9.17) is 16.3 Å². The van der Waals surface area contributed by atoms with Crippen LogP contribution in [-0.4, -0.2) is 37.8 Å². The van der Waals surface area contributed by atoms with Crippen molar-refractivity contribution in [3.8, 4) is 16.9 Å². The van der Waals surface area contributed by atoms with Crippen molar-refractivity contribution in [2.45, 2.75) is 0 Å². The van der Waals surface area contributed by atoms with Crippen LogP contribution >= 0.6 is 11.6 Å². The number of hydrogen-bond donors (Lipinski definition) is 2. The lowest BCUT2D eigenvalue weighted by Gasteiger charge is -2.29. The third-order valence-electron chi connectivity index (χ3n) is 5.05. The first-order chi connectivity index (χ1) is 13.8. The summed E-state index contributed by atoms with van der Waals surface area (Å²) in [5, 5.41) is 1.40. The fourth-order valence-corrected chi connectivity index (χ4v) is 4.88. The lowest BCUT2D eigenvalue weighted by Crippen LogP contribution is -2.37. The molecular weight excluding hydrogens is 414 g/mol. The first-order valence-electron chi connectivity index (χ1n) is 8.90. The number of aromatic nitrogens is 2. The third-order valence-corrected chi connectivity index (χ3v) is 6.46. The number of aromatic amines is 2. The summed E-state index contributed by atoms with van der Waals surface area (Å²) in [5.74, 6) is 0.465. The van der Waals surface area contributed by atoms with E-state index in [0.717, 1.165) is 22.0 Å². The van der Waals surface area contributed by atoms with Gasteiger partial charge in [-0.15, -0.1) is 0 Å². The van der Waals surface area contributed by atoms with Crippen LogP contribution in [0.2, 0.25) is 5.02 Å². The van der Waals surface area contributed by atoms with Crippen LogP contribution in [0, 0.1) is 0 Å². The number of anilines is 1. The van der Waals surface area contributed by atoms with Crippen molar-refractivity contribution in [2.24, 2.45) is 0 Å². The molecule has 0 aliphatic carbocycles. The maximum absolute atomic E-state index is 12.4. The van der Waals surface area contributed by atoms with Crippen LogP contribution in [0.15, 0.2) is 47.3 Å². The minimum Gasteiger partial charge on any atom is -0.489 e. The van der Waals surface area contributed by atoms with Gasteiger partial charge in [0.1, 0.15) is 12.4 Å². The van der Waals surface area contributed by atoms with Crippen LogP contribution in [0.5, 0.6) is 5.75 Å². The summed E-state index contributed by atoms with van der Waals surface area (Å²) in [5.41, 5.74) is 3.97. The van der Waals surface area contributed by atoms with E-state index < -0.39 is 10.0 Å². The minimum absolute atomic E-state index is 0.246. The Balaban J connectivity index is 1.74. The van der Waals surface area contributed by atoms with Gasteiger partial charge in [0, 0.05) is 27.6 Å². The summed E-state index contributed by atoms with van der Waals surface area (Å²) < 4.78 is 31.2. The van der Waals surface area contributed by atoms with Crippen molar-refractivity contribution < 1.29 is 13.2 Å². The van der Waals surface area contributed by atoms with Gasteiger partial charge in [-0.05, 0) is 35.9 Å². The van der Waals surface area contributed by atoms with Gasteiger partial charge in [0.05, 0.1) is 29.5 Å². The average Bonchev–Trinajstić information content (AvgIpc) is 3.03. The summed E-state index contributed by atoms with van der Waals surface area (Å²) in [6.07, 6.45) is 1.17. The van der Waals surface area contributed by atoms with Crippen molar-refractivity contribution in [2.75, 3.05) is 23.7 Å². The van der Waals surface area contributed by atoms with Gasteiger partial charge in [-0.25, -0.2) is 8.42 Å². The molecule has 0 radical (unpaired) electrons. The molecule has 0 unspecified atom stereocenters. The highest BCUT2D eigenvalue weighted by Crippen LogP contribution is 2.39. The van der Waals surface area contributed by atoms with Gasteiger partial charge in [-0.1, -0.05) is 17.7 Å². The summed E-state index contributed by atoms with van der Waals surface area (Å²) >= 11 is 6.13. The Morgan fingerprint density at radius 2 is 1.90 bits per heavy atom. The summed E-state index contributed by atoms with van der Waals surface area (Å²) in [7, 11) is -3.40. The van der Waals surface area contributed by atoms with Crippen LogP contribution in [0.3, 0.4) is 0 Å². The number of hydrogen-bond acceptors (Lipinski definition) is 4. The molecule has 2 aromatic carbocycles. The molecular formula is C20H16ClN3O4S. The zero-order chi connectivity index (χ0) is 20.3. The van der Waals surface area contributed by atoms with Crippen molar-refractivity contribution >= 4 is 49.2 Å². The SMILES string of the molecule is CS(=O)(=O)N1CCOc2cc(-c3cc(=O)[nH]c4c3[nH]c3ccc(Cl)cc34)ccc21. The van der Waals surface area contributed by atoms with Crippen molar-refractivity contribution in [3.05, 3.63) is 57.8 Å². The smallest absolute Gasteiger partial charge is 0.249 e. The normalized spacial score (nSPS) is 14.2. The zero-order valence-electron chi connectivity index (χ0n) is 15.3. The first-order valence-corrected chi connectivity index (χ1v) is 11.1. The molecule has 29 heavy (non-hydrogen) atoms. The van der Waals surface area contributed by atoms with Gasteiger partial charge in [0.25, 0.3) is 0 Å². The lowest BCUT2D eigenvalue weighted by molar-refractivity contribution is 0.316. The standard InChI is InChI=1S/C20H16ClN3O4S/c1-29(26,27)24-6-7-28-17-8-11(2-5-16(17)24)13-10-18(25)23-20-14-9-12(21)3-4-15(14)22-19(13)20/h2-5,8-10,22H,6-7H2,1H3,(H,23,25). The third kappa shape index (κ3) is 2.95. The van der Waals surface area contributed by atoms with Gasteiger partial charge in [-0.3, -0.25) is 9.10 Å². The topological polar surface area (TPSA) is 95.3 Å². The Hall–Kier alpha value is -2.97. The summed E-state index contributed by atoms with van der Waals surface area (Å²) in [4.78, 5) is 18.6. The zero-order valence-corrected chi connectivity index (χ0v) is 16.9. The number of halogens is 1. The molecule has 7 nitrogen and oxygen atoms in total. The Kier molecular flexibility index (Phi) is 3.91. The highest BCUT2D eigenvalue weighted by molar-refractivity contribution is 7.92. The molecule has 0 saturated carbocycles. The number of ether oxygens (including phenoxy) is 1. The predicted octanol–water partition coefficient (Wildman–Crippen LogP) is 3.49. The number of fused-ring (bicyclic) bond motifs is 4. The highest BCUT2D eigenvalue weighted by Gasteiger charge is 2.25. The van der Waals surface area contributed by atoms with E-state index in [2.05, 4.69) is 9.97 Å². The molecule has 0 amide bonds. The molecule has 0 atom stereocenters. The number of rotatable bonds is 2. The molecule has 0 fully saturated rings. The molecule has 4 aromatic rings. The first kappa shape index (κ1) is 18.1. The van der Waals surface area contributed by atoms with Crippen LogP contribution in [0.1, 0.15) is 0 Å². The molecule has 9 heteroatoms. The second-order valence-electron chi connectivity index (χ2n) is 6.98. The monoisotopic (exact) mass is 429 g/mol. The van der Waals surface area contributed by atoms with E-state index in [1.807, 2.05) is 6.07 Å². The van der Waals surface area contributed by atoms with Crippen LogP contribution < -0.4 is 14.6 Å². The number of nitrogens with one attached hydrogen (secondary N) is 2. The predicted molar refractivity (Wildman–Crippen MR) is 115 cm³/mol. The minimum atomic E-state index is -3.40. The summed E-state index contributed by atoms with van der Waals surface area (Å²) in [6, 6.07) is 12.2. The van der Waals surface area contributed by atoms with Gasteiger partial charge < -0.3 is 14.7 Å². The molecule has 148 valence electrons. The van der Waals surface area contributed by atoms with E-state index in [1.54, 1.807) is 30.3 Å². The van der Waals surface area contributed by atoms with Crippen molar-refractivity contribution in [1.29, 1.82) is 0 Å². The number of pyridine rings is 1. The molecule has 0 bridgehead atoms. The number of H-pyrrole nitrogens is 2. The number of nitrogens with zero attached hydrogens (tertiary/aromatic N) is 1. The van der Waals surface area contributed by atoms with E-state index in [0.29, 0.717) is 27.5 Å². The quantitative estimate of drug-likeness (QED) is 0.510. The van der Waals surface area contributed by atoms with Crippen molar-refractivity contribution in [3.63, 3.8) is 0 Å². The van der Waals surface area contributed by atoms with Gasteiger partial charge in [0.2, 0.25) is 15.6 Å². The number of benzene rings is 2. The fourth-order valence-electron chi connectivity index (χ4n) is 3.79. The number of sulfonamides is 1. The molecule has 2 aromatic heterocycles. The van der Waals surface area contributed by atoms with Crippen LogP contribution in [-0.2, 0) is 10.0 Å². The van der Waals surface area contributed by atoms with Gasteiger partial charge in [-0.2, -0.15) is 0 Å². The molecule has 5 rings (SSSR count). The molecule has 2 N–H and O–H groups in total. The van der Waals surface area contributed by atoms with E-state index >= 15 is 0 Å². The second kappa shape index (κ2) is 6.27. The van der Waals surface area contributed by atoms with E-state index in [9.17, 15) is 13.2 Å². The Morgan fingerprint density at radius 1 is 1.07 bits per heavy atom. The maximum Gasteiger partial charge on any atom is 0.249 e. The van der Waals surface area contributed by atoms with E-state index in [1.165, 1.54) is 16.6 Å². The average molecular weight is 430 g/mol. The second-order valence-corrected chi connectivity index (χ2v) is 9.32. The molecule has 3 heterocycles. The molecule has 1 aliphatic heterocycles. The summed E-state index contributed by atoms with van der Waals surface area (Å²) in [6.45, 7) is 0.530. The maximum atomic E-state index is 12.4. The highest BCUT2D eigenvalue weighted by atomic mass is 35.5. The molecule has 0 spiro atoms. The molecule has 1 aliphatic rings. The molecule has 0 saturated heterocycles. The largest absolute Gasteiger partial charge is 0.489 e. The van der Waals surface area contributed by atoms with E-state index in [-0.39, 0.29) is 18.7 Å². The lowest BCUT2D eigenvalue weighted by atomic mass is 10.0. The van der Waals surface area contributed by atoms with Gasteiger partial charge in [0.15, 0.2) is 0 Å². The Morgan fingerprint density at radius 3 is 2.69 bits per heavy atom. The Bertz CT molecular complexity index is 1460. The Labute approximate surface area is 170 Å². The van der Waals surface area contributed by atoms with Gasteiger partial charge >= 0.3 is 0 Å². The van der Waals surface area contributed by atoms with Crippen LogP contribution in [0.4, 0.5) is 5.69 Å². The van der Waals surface area contributed by atoms with Crippen LogP contribution in [0.25, 0.3) is 33.1 Å². The van der Waals surface area contributed by atoms with Crippen molar-refractivity contribution in [1.82, 2.24) is 9.97 Å². The fraction of sp³-hybridized carbons (Fsp3) is 0.150.